The van der Waals surface area contributed by atoms with Gasteiger partial charge in [-0.3, -0.25) is 4.98 Å². The molecule has 0 fully saturated rings. The number of aryl methyl sites for hydroxylation is 2. The van der Waals surface area contributed by atoms with Gasteiger partial charge in [0.25, 0.3) is 0 Å². The van der Waals surface area contributed by atoms with Gasteiger partial charge in [-0.25, -0.2) is 0 Å². The lowest BCUT2D eigenvalue weighted by atomic mass is 10.00. The molecule has 0 aliphatic rings. The van der Waals surface area contributed by atoms with E-state index in [0.29, 0.717) is 0 Å². The van der Waals surface area contributed by atoms with Crippen molar-refractivity contribution in [1.82, 2.24) is 10.3 Å². The van der Waals surface area contributed by atoms with Crippen molar-refractivity contribution in [2.45, 2.75) is 33.2 Å². The van der Waals surface area contributed by atoms with Gasteiger partial charge in [0.05, 0.1) is 6.04 Å². The Labute approximate surface area is 113 Å². The van der Waals surface area contributed by atoms with Gasteiger partial charge in [0, 0.05) is 17.3 Å². The molecule has 96 valence electrons. The molecule has 0 amide bonds. The van der Waals surface area contributed by atoms with Crippen LogP contribution in [0.3, 0.4) is 0 Å². The predicted octanol–water partition coefficient (Wildman–Crippen LogP) is 3.85. The number of hydrogen-bond donors (Lipinski definition) is 1. The van der Waals surface area contributed by atoms with E-state index in [1.807, 2.05) is 12.4 Å². The molecule has 1 atom stereocenters. The highest BCUT2D eigenvalue weighted by Crippen LogP contribution is 2.28. The normalized spacial score (nSPS) is 12.6. The fraction of sp³-hybridized carbons (Fsp3) is 0.400. The maximum atomic E-state index is 4.32. The van der Waals surface area contributed by atoms with E-state index in [-0.39, 0.29) is 6.04 Å². The van der Waals surface area contributed by atoms with Crippen molar-refractivity contribution in [3.05, 3.63) is 51.5 Å². The fourth-order valence-electron chi connectivity index (χ4n) is 2.13. The molecule has 2 heterocycles. The molecule has 0 bridgehead atoms. The molecular weight excluding hydrogens is 240 g/mol. The molecule has 0 saturated heterocycles. The van der Waals surface area contributed by atoms with Crippen LogP contribution in [0.25, 0.3) is 0 Å². The summed E-state index contributed by atoms with van der Waals surface area (Å²) in [5.74, 6) is 0. The smallest absolute Gasteiger partial charge is 0.0602 e. The fourth-order valence-corrected chi connectivity index (χ4v) is 2.87. The third-order valence-corrected chi connectivity index (χ3v) is 3.90. The Kier molecular flexibility index (Phi) is 4.50. The van der Waals surface area contributed by atoms with E-state index < -0.39 is 0 Å². The minimum atomic E-state index is 0.267. The Morgan fingerprint density at radius 2 is 2.17 bits per heavy atom. The van der Waals surface area contributed by atoms with Gasteiger partial charge in [-0.05, 0) is 54.9 Å². The van der Waals surface area contributed by atoms with Crippen LogP contribution in [-0.2, 0) is 0 Å². The maximum Gasteiger partial charge on any atom is 0.0602 e. The Bertz CT molecular complexity index is 505. The first-order valence-corrected chi connectivity index (χ1v) is 7.29. The minimum absolute atomic E-state index is 0.267. The van der Waals surface area contributed by atoms with Crippen LogP contribution >= 0.6 is 11.3 Å². The molecule has 1 unspecified atom stereocenters. The van der Waals surface area contributed by atoms with Crippen LogP contribution in [0.5, 0.6) is 0 Å². The summed E-state index contributed by atoms with van der Waals surface area (Å²) in [6.45, 7) is 7.49. The summed E-state index contributed by atoms with van der Waals surface area (Å²) in [5.41, 5.74) is 3.84. The quantitative estimate of drug-likeness (QED) is 0.883. The molecule has 0 aliphatic heterocycles. The molecule has 2 aromatic heterocycles. The van der Waals surface area contributed by atoms with Crippen LogP contribution in [0.15, 0.2) is 29.9 Å². The van der Waals surface area contributed by atoms with E-state index in [9.17, 15) is 0 Å². The van der Waals surface area contributed by atoms with Crippen molar-refractivity contribution in [3.8, 4) is 0 Å². The predicted molar refractivity (Wildman–Crippen MR) is 78.2 cm³/mol. The van der Waals surface area contributed by atoms with Crippen molar-refractivity contribution < 1.29 is 0 Å². The molecule has 0 aromatic carbocycles. The van der Waals surface area contributed by atoms with Gasteiger partial charge >= 0.3 is 0 Å². The Morgan fingerprint density at radius 3 is 2.78 bits per heavy atom. The number of nitrogens with zero attached hydrogens (tertiary/aromatic N) is 1. The van der Waals surface area contributed by atoms with E-state index in [1.165, 1.54) is 21.6 Å². The zero-order valence-corrected chi connectivity index (χ0v) is 12.1. The monoisotopic (exact) mass is 260 g/mol. The molecule has 0 radical (unpaired) electrons. The van der Waals surface area contributed by atoms with Crippen molar-refractivity contribution in [1.29, 1.82) is 0 Å². The third-order valence-electron chi connectivity index (χ3n) is 3.04. The molecular formula is C15H20N2S. The topological polar surface area (TPSA) is 24.9 Å². The largest absolute Gasteiger partial charge is 0.306 e. The van der Waals surface area contributed by atoms with Crippen molar-refractivity contribution in [3.63, 3.8) is 0 Å². The van der Waals surface area contributed by atoms with E-state index in [4.69, 9.17) is 0 Å². The molecule has 2 aromatic rings. The van der Waals surface area contributed by atoms with E-state index >= 15 is 0 Å². The molecule has 18 heavy (non-hydrogen) atoms. The summed E-state index contributed by atoms with van der Waals surface area (Å²) < 4.78 is 0. The number of aromatic nitrogens is 1. The zero-order chi connectivity index (χ0) is 13.0. The molecule has 0 spiro atoms. The summed E-state index contributed by atoms with van der Waals surface area (Å²) >= 11 is 1.80. The first kappa shape index (κ1) is 13.2. The van der Waals surface area contributed by atoms with Gasteiger partial charge < -0.3 is 5.32 Å². The summed E-state index contributed by atoms with van der Waals surface area (Å²) in [4.78, 5) is 5.70. The molecule has 3 heteroatoms. The van der Waals surface area contributed by atoms with Crippen LogP contribution in [0.4, 0.5) is 0 Å². The van der Waals surface area contributed by atoms with Crippen molar-refractivity contribution in [2.75, 3.05) is 6.54 Å². The zero-order valence-electron chi connectivity index (χ0n) is 11.2. The van der Waals surface area contributed by atoms with Gasteiger partial charge in [0.2, 0.25) is 0 Å². The van der Waals surface area contributed by atoms with Crippen molar-refractivity contribution >= 4 is 11.3 Å². The highest BCUT2D eigenvalue weighted by Gasteiger charge is 2.16. The number of rotatable bonds is 5. The van der Waals surface area contributed by atoms with Crippen LogP contribution in [-0.4, -0.2) is 11.5 Å². The lowest BCUT2D eigenvalue weighted by Crippen LogP contribution is -2.23. The average molecular weight is 260 g/mol. The van der Waals surface area contributed by atoms with E-state index in [2.05, 4.69) is 48.6 Å². The lowest BCUT2D eigenvalue weighted by molar-refractivity contribution is 0.596. The highest BCUT2D eigenvalue weighted by molar-refractivity contribution is 7.10. The Morgan fingerprint density at radius 1 is 1.33 bits per heavy atom. The number of thiophene rings is 1. The van der Waals surface area contributed by atoms with Crippen molar-refractivity contribution in [2.24, 2.45) is 0 Å². The third kappa shape index (κ3) is 2.98. The molecule has 2 rings (SSSR count). The summed E-state index contributed by atoms with van der Waals surface area (Å²) in [6, 6.07) is 4.70. The van der Waals surface area contributed by atoms with Crippen LogP contribution < -0.4 is 5.32 Å². The van der Waals surface area contributed by atoms with E-state index in [1.54, 1.807) is 11.3 Å². The minimum Gasteiger partial charge on any atom is -0.306 e. The second-order valence-corrected chi connectivity index (χ2v) is 5.74. The molecule has 1 N–H and O–H groups in total. The second-order valence-electron chi connectivity index (χ2n) is 4.61. The lowest BCUT2D eigenvalue weighted by Gasteiger charge is -2.19. The van der Waals surface area contributed by atoms with Gasteiger partial charge in [0.1, 0.15) is 0 Å². The van der Waals surface area contributed by atoms with E-state index in [0.717, 1.165) is 13.0 Å². The number of pyridine rings is 1. The van der Waals surface area contributed by atoms with Gasteiger partial charge in [-0.15, -0.1) is 11.3 Å². The first-order chi connectivity index (χ1) is 8.72. The number of nitrogens with one attached hydrogen (secondary N) is 1. The van der Waals surface area contributed by atoms with Crippen LogP contribution in [0, 0.1) is 13.8 Å². The molecule has 2 nitrogen and oxygen atoms in total. The van der Waals surface area contributed by atoms with Crippen LogP contribution in [0.1, 0.15) is 41.0 Å². The molecule has 0 aliphatic carbocycles. The second kappa shape index (κ2) is 6.12. The van der Waals surface area contributed by atoms with Crippen LogP contribution in [0.2, 0.25) is 0 Å². The summed E-state index contributed by atoms with van der Waals surface area (Å²) in [5, 5.41) is 5.78. The maximum absolute atomic E-state index is 4.32. The Balaban J connectivity index is 2.33. The number of hydrogen-bond acceptors (Lipinski definition) is 3. The summed E-state index contributed by atoms with van der Waals surface area (Å²) in [6.07, 6.45) is 5.01. The standard InChI is InChI=1S/C15H20N2S/c1-4-6-17-15(14-5-7-18-12(14)3)13-8-11(2)9-16-10-13/h5,7-10,15,17H,4,6H2,1-3H3. The van der Waals surface area contributed by atoms with Gasteiger partial charge in [0.15, 0.2) is 0 Å². The first-order valence-electron chi connectivity index (χ1n) is 6.41. The summed E-state index contributed by atoms with van der Waals surface area (Å²) in [7, 11) is 0. The van der Waals surface area contributed by atoms with Gasteiger partial charge in [-0.2, -0.15) is 0 Å². The SMILES string of the molecule is CCCNC(c1cncc(C)c1)c1ccsc1C. The average Bonchev–Trinajstić information content (AvgIpc) is 2.77. The Hall–Kier alpha value is -1.19. The molecule has 0 saturated carbocycles. The highest BCUT2D eigenvalue weighted by atomic mass is 32.1. The van der Waals surface area contributed by atoms with Gasteiger partial charge in [-0.1, -0.05) is 13.0 Å².